The predicted molar refractivity (Wildman–Crippen MR) is 128 cm³/mol. The van der Waals surface area contributed by atoms with Crippen LogP contribution in [-0.2, 0) is 4.79 Å². The van der Waals surface area contributed by atoms with Crippen molar-refractivity contribution >= 4 is 57.2 Å². The summed E-state index contributed by atoms with van der Waals surface area (Å²) >= 11 is 15.4. The van der Waals surface area contributed by atoms with Gasteiger partial charge in [0, 0.05) is 15.1 Å². The fourth-order valence-electron chi connectivity index (χ4n) is 2.56. The van der Waals surface area contributed by atoms with Crippen molar-refractivity contribution < 1.29 is 19.1 Å². The highest BCUT2D eigenvalue weighted by Crippen LogP contribution is 2.24. The van der Waals surface area contributed by atoms with Crippen molar-refractivity contribution in [1.82, 2.24) is 5.43 Å². The molecule has 3 rings (SSSR count). The number of esters is 1. The van der Waals surface area contributed by atoms with Crippen molar-refractivity contribution in [2.75, 3.05) is 6.61 Å². The molecular formula is C23H17BrCl2N2O4. The van der Waals surface area contributed by atoms with Crippen molar-refractivity contribution in [3.63, 3.8) is 0 Å². The number of carbonyl (C=O) groups is 2. The normalized spacial score (nSPS) is 10.8. The van der Waals surface area contributed by atoms with E-state index in [2.05, 4.69) is 26.5 Å². The number of aryl methyl sites for hydroxylation is 1. The highest BCUT2D eigenvalue weighted by Gasteiger charge is 2.14. The minimum atomic E-state index is -0.608. The molecule has 6 nitrogen and oxygen atoms in total. The molecule has 0 aliphatic heterocycles. The highest BCUT2D eigenvalue weighted by molar-refractivity contribution is 9.10. The van der Waals surface area contributed by atoms with E-state index in [1.165, 1.54) is 6.21 Å². The minimum Gasteiger partial charge on any atom is -0.484 e. The molecule has 0 saturated heterocycles. The molecular weight excluding hydrogens is 519 g/mol. The molecule has 0 atom stereocenters. The zero-order chi connectivity index (χ0) is 23.1. The second kappa shape index (κ2) is 11.1. The lowest BCUT2D eigenvalue weighted by molar-refractivity contribution is -0.123. The Morgan fingerprint density at radius 2 is 1.84 bits per heavy atom. The average Bonchev–Trinajstić information content (AvgIpc) is 2.76. The highest BCUT2D eigenvalue weighted by atomic mass is 79.9. The number of nitrogens with zero attached hydrogens (tertiary/aromatic N) is 1. The molecule has 0 unspecified atom stereocenters. The topological polar surface area (TPSA) is 77.0 Å². The van der Waals surface area contributed by atoms with Gasteiger partial charge in [-0.3, -0.25) is 4.79 Å². The summed E-state index contributed by atoms with van der Waals surface area (Å²) in [5, 5.41) is 4.82. The van der Waals surface area contributed by atoms with E-state index in [1.54, 1.807) is 60.7 Å². The molecule has 0 bridgehead atoms. The van der Waals surface area contributed by atoms with Gasteiger partial charge in [-0.25, -0.2) is 10.2 Å². The molecule has 9 heteroatoms. The summed E-state index contributed by atoms with van der Waals surface area (Å²) in [6, 6.07) is 16.7. The van der Waals surface area contributed by atoms with E-state index >= 15 is 0 Å². The second-order valence-corrected chi connectivity index (χ2v) is 8.27. The molecule has 0 radical (unpaired) electrons. The smallest absolute Gasteiger partial charge is 0.345 e. The van der Waals surface area contributed by atoms with Crippen LogP contribution >= 0.6 is 39.1 Å². The van der Waals surface area contributed by atoms with Gasteiger partial charge in [-0.15, -0.1) is 0 Å². The number of amides is 1. The summed E-state index contributed by atoms with van der Waals surface area (Å²) in [5.74, 6) is -0.294. The Morgan fingerprint density at radius 1 is 1.06 bits per heavy atom. The van der Waals surface area contributed by atoms with Crippen LogP contribution in [0.3, 0.4) is 0 Å². The monoisotopic (exact) mass is 534 g/mol. The molecule has 32 heavy (non-hydrogen) atoms. The third-order valence-corrected chi connectivity index (χ3v) is 5.41. The van der Waals surface area contributed by atoms with Gasteiger partial charge in [0.05, 0.1) is 16.8 Å². The van der Waals surface area contributed by atoms with Crippen molar-refractivity contribution in [3.05, 3.63) is 91.9 Å². The molecule has 3 aromatic carbocycles. The van der Waals surface area contributed by atoms with Gasteiger partial charge in [-0.2, -0.15) is 5.10 Å². The molecule has 0 aromatic heterocycles. The van der Waals surface area contributed by atoms with Crippen molar-refractivity contribution in [1.29, 1.82) is 0 Å². The van der Waals surface area contributed by atoms with Gasteiger partial charge in [-0.05, 0) is 61.0 Å². The number of carbonyl (C=O) groups excluding carboxylic acids is 2. The zero-order valence-electron chi connectivity index (χ0n) is 16.8. The Morgan fingerprint density at radius 3 is 2.59 bits per heavy atom. The largest absolute Gasteiger partial charge is 0.484 e. The van der Waals surface area contributed by atoms with Crippen LogP contribution in [0.4, 0.5) is 0 Å². The van der Waals surface area contributed by atoms with E-state index in [-0.39, 0.29) is 22.9 Å². The Bertz CT molecular complexity index is 1180. The van der Waals surface area contributed by atoms with Crippen LogP contribution < -0.4 is 14.9 Å². The van der Waals surface area contributed by atoms with Crippen LogP contribution in [0.1, 0.15) is 21.5 Å². The van der Waals surface area contributed by atoms with E-state index in [1.807, 2.05) is 6.92 Å². The summed E-state index contributed by atoms with van der Waals surface area (Å²) in [6.07, 6.45) is 1.37. The van der Waals surface area contributed by atoms with Gasteiger partial charge >= 0.3 is 5.97 Å². The standard InChI is InChI=1S/C23H17BrCl2N2O4/c1-14-10-17(7-8-19(14)25)31-13-22(29)28-27-12-15-11-16(24)6-9-21(15)32-23(30)18-4-2-3-5-20(18)26/h2-12H,13H2,1H3,(H,28,29)/b27-12+. The predicted octanol–water partition coefficient (Wildman–Crippen LogP) is 5.81. The number of benzene rings is 3. The lowest BCUT2D eigenvalue weighted by Crippen LogP contribution is -2.24. The summed E-state index contributed by atoms with van der Waals surface area (Å²) in [6.45, 7) is 1.61. The maximum Gasteiger partial charge on any atom is 0.345 e. The second-order valence-electron chi connectivity index (χ2n) is 6.54. The Labute approximate surface area is 203 Å². The number of hydrogen-bond acceptors (Lipinski definition) is 5. The van der Waals surface area contributed by atoms with E-state index < -0.39 is 11.9 Å². The summed E-state index contributed by atoms with van der Waals surface area (Å²) in [5.41, 5.74) is 3.92. The first-order chi connectivity index (χ1) is 15.3. The summed E-state index contributed by atoms with van der Waals surface area (Å²) in [7, 11) is 0. The average molecular weight is 536 g/mol. The number of nitrogens with one attached hydrogen (secondary N) is 1. The van der Waals surface area contributed by atoms with E-state index in [4.69, 9.17) is 32.7 Å². The Kier molecular flexibility index (Phi) is 8.27. The van der Waals surface area contributed by atoms with E-state index in [0.717, 1.165) is 10.0 Å². The van der Waals surface area contributed by atoms with Gasteiger partial charge in [0.15, 0.2) is 6.61 Å². The molecule has 164 valence electrons. The molecule has 0 saturated carbocycles. The van der Waals surface area contributed by atoms with Crippen molar-refractivity contribution in [3.8, 4) is 11.5 Å². The van der Waals surface area contributed by atoms with Gasteiger partial charge in [0.2, 0.25) is 0 Å². The minimum absolute atomic E-state index is 0.231. The van der Waals surface area contributed by atoms with E-state index in [0.29, 0.717) is 16.3 Å². The fourth-order valence-corrected chi connectivity index (χ4v) is 3.27. The van der Waals surface area contributed by atoms with Crippen LogP contribution in [0.15, 0.2) is 70.2 Å². The summed E-state index contributed by atoms with van der Waals surface area (Å²) < 4.78 is 11.6. The molecule has 1 N–H and O–H groups in total. The first-order valence-electron chi connectivity index (χ1n) is 9.30. The van der Waals surface area contributed by atoms with Crippen LogP contribution in [-0.4, -0.2) is 24.7 Å². The molecule has 0 heterocycles. The van der Waals surface area contributed by atoms with Crippen LogP contribution in [0, 0.1) is 6.92 Å². The molecule has 0 spiro atoms. The SMILES string of the molecule is Cc1cc(OCC(=O)N/N=C/c2cc(Br)ccc2OC(=O)c2ccccc2Cl)ccc1Cl. The molecule has 1 amide bonds. The van der Waals surface area contributed by atoms with Crippen LogP contribution in [0.25, 0.3) is 0 Å². The Hall–Kier alpha value is -2.87. The molecule has 0 fully saturated rings. The van der Waals surface area contributed by atoms with Gasteiger partial charge in [-0.1, -0.05) is 51.3 Å². The lowest BCUT2D eigenvalue weighted by Gasteiger charge is -2.09. The third kappa shape index (κ3) is 6.56. The number of halogens is 3. The van der Waals surface area contributed by atoms with Gasteiger partial charge in [0.1, 0.15) is 11.5 Å². The quantitative estimate of drug-likeness (QED) is 0.179. The van der Waals surface area contributed by atoms with Crippen LogP contribution in [0.2, 0.25) is 10.0 Å². The maximum atomic E-state index is 12.5. The van der Waals surface area contributed by atoms with Crippen molar-refractivity contribution in [2.24, 2.45) is 5.10 Å². The summed E-state index contributed by atoms with van der Waals surface area (Å²) in [4.78, 5) is 24.5. The Balaban J connectivity index is 1.63. The first-order valence-corrected chi connectivity index (χ1v) is 10.9. The fraction of sp³-hybridized carbons (Fsp3) is 0.0870. The first kappa shape index (κ1) is 23.8. The molecule has 3 aromatic rings. The maximum absolute atomic E-state index is 12.5. The zero-order valence-corrected chi connectivity index (χ0v) is 19.9. The van der Waals surface area contributed by atoms with Crippen molar-refractivity contribution in [2.45, 2.75) is 6.92 Å². The number of hydrogen-bond donors (Lipinski definition) is 1. The molecule has 0 aliphatic carbocycles. The van der Waals surface area contributed by atoms with Gasteiger partial charge in [0.25, 0.3) is 5.91 Å². The third-order valence-electron chi connectivity index (χ3n) is 4.16. The number of hydrazone groups is 1. The number of ether oxygens (including phenoxy) is 2. The van der Waals surface area contributed by atoms with E-state index in [9.17, 15) is 9.59 Å². The lowest BCUT2D eigenvalue weighted by atomic mass is 10.2. The number of rotatable bonds is 7. The van der Waals surface area contributed by atoms with Gasteiger partial charge < -0.3 is 9.47 Å². The van der Waals surface area contributed by atoms with Crippen LogP contribution in [0.5, 0.6) is 11.5 Å². The molecule has 0 aliphatic rings.